The molecule has 4 rings (SSSR count). The van der Waals surface area contributed by atoms with Gasteiger partial charge < -0.3 is 0 Å². The fourth-order valence-electron chi connectivity index (χ4n) is 4.33. The van der Waals surface area contributed by atoms with Gasteiger partial charge in [0.25, 0.3) is 0 Å². The van der Waals surface area contributed by atoms with Gasteiger partial charge in [0.05, 0.1) is 5.69 Å². The van der Waals surface area contributed by atoms with Gasteiger partial charge in [0.2, 0.25) is 0 Å². The topological polar surface area (TPSA) is 16.1 Å². The Balaban J connectivity index is 1.78. The molecule has 0 spiro atoms. The highest BCUT2D eigenvalue weighted by molar-refractivity contribution is 5.74. The maximum atomic E-state index is 5.19. The van der Waals surface area contributed by atoms with Crippen molar-refractivity contribution in [3.05, 3.63) is 59.4 Å². The Morgan fingerprint density at radius 1 is 0.962 bits per heavy atom. The van der Waals surface area contributed by atoms with E-state index < -0.39 is 0 Å². The highest BCUT2D eigenvalue weighted by atomic mass is 15.1. The molecule has 0 radical (unpaired) electrons. The third-order valence-corrected chi connectivity index (χ3v) is 5.95. The van der Waals surface area contributed by atoms with E-state index in [0.29, 0.717) is 0 Å². The minimum Gasteiger partial charge on any atom is -0.300 e. The third-order valence-electron chi connectivity index (χ3n) is 5.95. The average Bonchev–Trinajstić information content (AvgIpc) is 2.69. The predicted octanol–water partition coefficient (Wildman–Crippen LogP) is 5.52. The van der Waals surface area contributed by atoms with E-state index in [9.17, 15) is 0 Å². The van der Waals surface area contributed by atoms with Crippen molar-refractivity contribution in [1.29, 1.82) is 0 Å². The molecule has 0 amide bonds. The fourth-order valence-corrected chi connectivity index (χ4v) is 4.33. The highest BCUT2D eigenvalue weighted by Crippen LogP contribution is 2.33. The van der Waals surface area contributed by atoms with Gasteiger partial charge in [-0.3, -0.25) is 9.88 Å². The summed E-state index contributed by atoms with van der Waals surface area (Å²) in [6, 6.07) is 13.3. The van der Waals surface area contributed by atoms with Crippen molar-refractivity contribution in [3.63, 3.8) is 0 Å². The predicted molar refractivity (Wildman–Crippen MR) is 110 cm³/mol. The number of rotatable bonds is 3. The number of fused-ring (bicyclic) bond motifs is 1. The van der Waals surface area contributed by atoms with Gasteiger partial charge in [-0.2, -0.15) is 0 Å². The second-order valence-corrected chi connectivity index (χ2v) is 7.63. The highest BCUT2D eigenvalue weighted by Gasteiger charge is 2.19. The van der Waals surface area contributed by atoms with E-state index in [-0.39, 0.29) is 0 Å². The zero-order chi connectivity index (χ0) is 17.8. The first-order chi connectivity index (χ1) is 12.8. The van der Waals surface area contributed by atoms with Crippen LogP contribution in [0.15, 0.2) is 42.5 Å². The summed E-state index contributed by atoms with van der Waals surface area (Å²) >= 11 is 0. The second kappa shape index (κ2) is 8.18. The van der Waals surface area contributed by atoms with Crippen molar-refractivity contribution in [3.8, 4) is 11.1 Å². The lowest BCUT2D eigenvalue weighted by Gasteiger charge is -2.26. The molecule has 2 aliphatic rings. The fraction of sp³-hybridized carbons (Fsp3) is 0.458. The van der Waals surface area contributed by atoms with Gasteiger partial charge in [-0.1, -0.05) is 56.2 Å². The van der Waals surface area contributed by atoms with Gasteiger partial charge in [0.1, 0.15) is 0 Å². The zero-order valence-electron chi connectivity index (χ0n) is 16.0. The Labute approximate surface area is 158 Å². The molecule has 1 aromatic carbocycles. The van der Waals surface area contributed by atoms with E-state index in [1.54, 1.807) is 0 Å². The molecule has 1 aromatic heterocycles. The number of aryl methyl sites for hydroxylation is 1. The number of hydrogen-bond acceptors (Lipinski definition) is 2. The molecule has 0 N–H and O–H groups in total. The van der Waals surface area contributed by atoms with Crippen molar-refractivity contribution in [2.45, 2.75) is 51.9 Å². The molecule has 0 bridgehead atoms. The van der Waals surface area contributed by atoms with E-state index >= 15 is 0 Å². The van der Waals surface area contributed by atoms with Crippen molar-refractivity contribution >= 4 is 5.57 Å². The van der Waals surface area contributed by atoms with Gasteiger partial charge in [-0.15, -0.1) is 0 Å². The molecule has 136 valence electrons. The monoisotopic (exact) mass is 346 g/mol. The third kappa shape index (κ3) is 3.76. The summed E-state index contributed by atoms with van der Waals surface area (Å²) in [4.78, 5) is 7.68. The summed E-state index contributed by atoms with van der Waals surface area (Å²) in [5.41, 5.74) is 8.30. The van der Waals surface area contributed by atoms with E-state index in [1.807, 2.05) is 0 Å². The number of aromatic nitrogens is 1. The van der Waals surface area contributed by atoms with Crippen LogP contribution in [0.4, 0.5) is 0 Å². The largest absolute Gasteiger partial charge is 0.300 e. The van der Waals surface area contributed by atoms with Crippen molar-refractivity contribution in [2.24, 2.45) is 0 Å². The van der Waals surface area contributed by atoms with Crippen LogP contribution in [-0.4, -0.2) is 29.5 Å². The molecule has 26 heavy (non-hydrogen) atoms. The molecular formula is C24H30N2. The van der Waals surface area contributed by atoms with Crippen LogP contribution in [0, 0.1) is 0 Å². The van der Waals surface area contributed by atoms with Crippen LogP contribution in [0.2, 0.25) is 0 Å². The molecule has 2 heteroatoms. The zero-order valence-corrected chi connectivity index (χ0v) is 16.0. The molecule has 0 saturated carbocycles. The van der Waals surface area contributed by atoms with Gasteiger partial charge in [0, 0.05) is 18.8 Å². The molecular weight excluding hydrogens is 316 g/mol. The standard InChI is InChI=1S/C24H30N2/c1-2-26-16-14-20(15-17-26)24-18-22(19-10-6-5-7-11-19)21-12-8-3-4-9-13-23(21)25-24/h5-7,10-11,14,18H,2-4,8-9,12-13,15-17H2,1H3. The normalized spacial score (nSPS) is 18.6. The van der Waals surface area contributed by atoms with Crippen LogP contribution in [0.3, 0.4) is 0 Å². The van der Waals surface area contributed by atoms with E-state index in [4.69, 9.17) is 4.98 Å². The molecule has 0 saturated heterocycles. The maximum absolute atomic E-state index is 5.19. The molecule has 2 nitrogen and oxygen atoms in total. The van der Waals surface area contributed by atoms with Gasteiger partial charge in [0.15, 0.2) is 0 Å². The van der Waals surface area contributed by atoms with Crippen LogP contribution in [0.25, 0.3) is 16.7 Å². The van der Waals surface area contributed by atoms with Crippen LogP contribution in [0.1, 0.15) is 56.0 Å². The van der Waals surface area contributed by atoms with Gasteiger partial charge >= 0.3 is 0 Å². The Hall–Kier alpha value is -1.93. The molecule has 2 aromatic rings. The van der Waals surface area contributed by atoms with E-state index in [1.165, 1.54) is 65.8 Å². The number of likely N-dealkylation sites (N-methyl/N-ethyl adjacent to an activating group) is 1. The maximum Gasteiger partial charge on any atom is 0.0669 e. The summed E-state index contributed by atoms with van der Waals surface area (Å²) in [6.45, 7) is 5.60. The Morgan fingerprint density at radius 3 is 2.50 bits per heavy atom. The lowest BCUT2D eigenvalue weighted by atomic mass is 9.89. The average molecular weight is 347 g/mol. The molecule has 2 heterocycles. The minimum absolute atomic E-state index is 1.06. The van der Waals surface area contributed by atoms with E-state index in [2.05, 4.69) is 54.3 Å². The SMILES string of the molecule is CCN1CC=C(c2cc(-c3ccccc3)c3c(n2)CCCCCC3)CC1. The summed E-state index contributed by atoms with van der Waals surface area (Å²) in [6.07, 6.45) is 11.1. The first-order valence-electron chi connectivity index (χ1n) is 10.3. The Bertz CT molecular complexity index is 776. The first-order valence-corrected chi connectivity index (χ1v) is 10.3. The summed E-state index contributed by atoms with van der Waals surface area (Å²) < 4.78 is 0. The minimum atomic E-state index is 1.06. The van der Waals surface area contributed by atoms with Crippen molar-refractivity contribution in [1.82, 2.24) is 9.88 Å². The quantitative estimate of drug-likeness (QED) is 0.728. The summed E-state index contributed by atoms with van der Waals surface area (Å²) in [5, 5.41) is 0. The number of hydrogen-bond donors (Lipinski definition) is 0. The van der Waals surface area contributed by atoms with Crippen LogP contribution in [0.5, 0.6) is 0 Å². The molecule has 0 fully saturated rings. The molecule has 0 atom stereocenters. The summed E-state index contributed by atoms with van der Waals surface area (Å²) in [7, 11) is 0. The second-order valence-electron chi connectivity index (χ2n) is 7.63. The van der Waals surface area contributed by atoms with Crippen molar-refractivity contribution in [2.75, 3.05) is 19.6 Å². The van der Waals surface area contributed by atoms with Crippen LogP contribution >= 0.6 is 0 Å². The van der Waals surface area contributed by atoms with Crippen LogP contribution < -0.4 is 0 Å². The van der Waals surface area contributed by atoms with E-state index in [0.717, 1.165) is 32.5 Å². The molecule has 1 aliphatic heterocycles. The lowest BCUT2D eigenvalue weighted by molar-refractivity contribution is 0.318. The van der Waals surface area contributed by atoms with Crippen LogP contribution in [-0.2, 0) is 12.8 Å². The summed E-state index contributed by atoms with van der Waals surface area (Å²) in [5.74, 6) is 0. The van der Waals surface area contributed by atoms with Crippen molar-refractivity contribution < 1.29 is 0 Å². The smallest absolute Gasteiger partial charge is 0.0669 e. The lowest BCUT2D eigenvalue weighted by Crippen LogP contribution is -2.28. The Morgan fingerprint density at radius 2 is 1.77 bits per heavy atom. The number of benzene rings is 1. The molecule has 0 unspecified atom stereocenters. The Kier molecular flexibility index (Phi) is 5.50. The van der Waals surface area contributed by atoms with Gasteiger partial charge in [-0.25, -0.2) is 0 Å². The molecule has 1 aliphatic carbocycles. The number of nitrogens with zero attached hydrogens (tertiary/aromatic N) is 2. The van der Waals surface area contributed by atoms with Gasteiger partial charge in [-0.05, 0) is 67.0 Å². The number of pyridine rings is 1. The first kappa shape index (κ1) is 17.5.